The quantitative estimate of drug-likeness (QED) is 0.314. The van der Waals surface area contributed by atoms with Crippen LogP contribution in [0.25, 0.3) is 27.7 Å². The molecular formula is C23H19ClF4N4O3. The first-order valence-electron chi connectivity index (χ1n) is 10.2. The van der Waals surface area contributed by atoms with E-state index >= 15 is 0 Å². The van der Waals surface area contributed by atoms with E-state index in [1.807, 2.05) is 0 Å². The molecule has 0 fully saturated rings. The second kappa shape index (κ2) is 9.33. The molecule has 0 aliphatic carbocycles. The average molecular weight is 511 g/mol. The normalized spacial score (nSPS) is 12.8. The molecule has 3 N–H and O–H groups in total. The Balaban J connectivity index is 1.85. The monoisotopic (exact) mass is 510 g/mol. The second-order valence-electron chi connectivity index (χ2n) is 7.66. The number of fused-ring (bicyclic) bond motifs is 1. The van der Waals surface area contributed by atoms with Gasteiger partial charge in [0.1, 0.15) is 17.2 Å². The lowest BCUT2D eigenvalue weighted by Crippen LogP contribution is -2.25. The summed E-state index contributed by atoms with van der Waals surface area (Å²) >= 11 is 6.18. The van der Waals surface area contributed by atoms with Gasteiger partial charge in [0.2, 0.25) is 0 Å². The predicted molar refractivity (Wildman–Crippen MR) is 122 cm³/mol. The van der Waals surface area contributed by atoms with E-state index in [1.165, 1.54) is 31.6 Å². The van der Waals surface area contributed by atoms with Crippen LogP contribution in [0, 0.1) is 5.82 Å². The first-order chi connectivity index (χ1) is 16.6. The zero-order chi connectivity index (χ0) is 25.5. The van der Waals surface area contributed by atoms with E-state index in [2.05, 4.69) is 21.6 Å². The van der Waals surface area contributed by atoms with Crippen LogP contribution >= 0.6 is 11.6 Å². The Bertz CT molecular complexity index is 1410. The third-order valence-corrected chi connectivity index (χ3v) is 5.82. The molecule has 0 aliphatic heterocycles. The molecule has 7 nitrogen and oxygen atoms in total. The Morgan fingerprint density at radius 2 is 2.06 bits per heavy atom. The molecule has 4 rings (SSSR count). The molecule has 12 heteroatoms. The molecule has 1 atom stereocenters. The summed E-state index contributed by atoms with van der Waals surface area (Å²) in [7, 11) is 1.39. The number of aliphatic hydroxyl groups excluding tert-OH is 2. The molecule has 184 valence electrons. The van der Waals surface area contributed by atoms with Crippen LogP contribution in [0.5, 0.6) is 5.75 Å². The van der Waals surface area contributed by atoms with Gasteiger partial charge in [-0.2, -0.15) is 18.3 Å². The molecule has 0 bridgehead atoms. The largest absolute Gasteiger partial charge is 0.496 e. The van der Waals surface area contributed by atoms with Gasteiger partial charge in [-0.05, 0) is 23.8 Å². The summed E-state index contributed by atoms with van der Waals surface area (Å²) in [6.07, 6.45) is -2.42. The van der Waals surface area contributed by atoms with Crippen molar-refractivity contribution in [2.75, 3.05) is 13.7 Å². The average Bonchev–Trinajstić information content (AvgIpc) is 3.44. The Labute approximate surface area is 201 Å². The number of alkyl halides is 3. The fourth-order valence-corrected chi connectivity index (χ4v) is 4.08. The molecule has 0 saturated heterocycles. The summed E-state index contributed by atoms with van der Waals surface area (Å²) in [5.74, 6) is -0.419. The molecule has 0 aliphatic rings. The number of benzene rings is 1. The maximum absolute atomic E-state index is 14.2. The number of hydrogen-bond acceptors (Lipinski definition) is 5. The Morgan fingerprint density at radius 3 is 2.71 bits per heavy atom. The van der Waals surface area contributed by atoms with Gasteiger partial charge in [0.25, 0.3) is 0 Å². The van der Waals surface area contributed by atoms with Gasteiger partial charge < -0.3 is 19.9 Å². The van der Waals surface area contributed by atoms with Gasteiger partial charge in [-0.1, -0.05) is 18.2 Å². The van der Waals surface area contributed by atoms with Crippen LogP contribution in [0.3, 0.4) is 0 Å². The number of rotatable bonds is 7. The van der Waals surface area contributed by atoms with Crippen LogP contribution in [0.1, 0.15) is 16.8 Å². The third kappa shape index (κ3) is 4.49. The van der Waals surface area contributed by atoms with E-state index in [1.54, 1.807) is 0 Å². The number of H-pyrrole nitrogens is 1. The Kier molecular flexibility index (Phi) is 6.58. The van der Waals surface area contributed by atoms with Crippen molar-refractivity contribution in [2.45, 2.75) is 18.8 Å². The zero-order valence-corrected chi connectivity index (χ0v) is 19.0. The van der Waals surface area contributed by atoms with E-state index in [0.717, 1.165) is 12.3 Å². The van der Waals surface area contributed by atoms with E-state index < -0.39 is 36.9 Å². The number of aromatic amines is 1. The Morgan fingerprint density at radius 1 is 1.31 bits per heavy atom. The first-order valence-corrected chi connectivity index (χ1v) is 10.6. The molecule has 3 heterocycles. The minimum absolute atomic E-state index is 0.0977. The highest BCUT2D eigenvalue weighted by Gasteiger charge is 2.39. The molecule has 3 aromatic heterocycles. The molecule has 1 aromatic carbocycles. The van der Waals surface area contributed by atoms with Crippen LogP contribution in [-0.2, 0) is 12.7 Å². The minimum Gasteiger partial charge on any atom is -0.496 e. The zero-order valence-electron chi connectivity index (χ0n) is 18.2. The van der Waals surface area contributed by atoms with Crippen molar-refractivity contribution in [3.63, 3.8) is 0 Å². The lowest BCUT2D eigenvalue weighted by Gasteiger charge is -2.15. The highest BCUT2D eigenvalue weighted by molar-refractivity contribution is 6.33. The molecule has 0 spiro atoms. The lowest BCUT2D eigenvalue weighted by molar-refractivity contribution is -0.144. The lowest BCUT2D eigenvalue weighted by atomic mass is 9.97. The fraction of sp³-hybridized carbons (Fsp3) is 0.217. The van der Waals surface area contributed by atoms with Crippen molar-refractivity contribution < 1.29 is 32.5 Å². The van der Waals surface area contributed by atoms with Crippen molar-refractivity contribution in [1.82, 2.24) is 19.7 Å². The van der Waals surface area contributed by atoms with E-state index in [4.69, 9.17) is 21.4 Å². The number of pyridine rings is 1. The highest BCUT2D eigenvalue weighted by atomic mass is 35.5. The van der Waals surface area contributed by atoms with Crippen molar-refractivity contribution >= 4 is 28.2 Å². The van der Waals surface area contributed by atoms with Gasteiger partial charge in [-0.15, -0.1) is 0 Å². The van der Waals surface area contributed by atoms with Gasteiger partial charge in [0, 0.05) is 40.0 Å². The van der Waals surface area contributed by atoms with Gasteiger partial charge in [0.15, 0.2) is 5.69 Å². The number of halogens is 5. The summed E-state index contributed by atoms with van der Waals surface area (Å²) in [4.78, 5) is 7.14. The molecule has 0 unspecified atom stereocenters. The summed E-state index contributed by atoms with van der Waals surface area (Å²) in [5.41, 5.74) is -0.0185. The van der Waals surface area contributed by atoms with Crippen LogP contribution in [-0.4, -0.2) is 49.8 Å². The van der Waals surface area contributed by atoms with Crippen molar-refractivity contribution in [3.05, 3.63) is 71.0 Å². The topological polar surface area (TPSA) is 96.2 Å². The number of aromatic nitrogens is 4. The van der Waals surface area contributed by atoms with Crippen LogP contribution in [0.2, 0.25) is 5.02 Å². The number of methoxy groups -OCH3 is 1. The number of nitrogens with zero attached hydrogens (tertiary/aromatic N) is 3. The molecule has 0 radical (unpaired) electrons. The highest BCUT2D eigenvalue weighted by Crippen LogP contribution is 2.41. The molecule has 0 saturated carbocycles. The van der Waals surface area contributed by atoms with E-state index in [-0.39, 0.29) is 33.0 Å². The number of ether oxygens (including phenoxy) is 1. The SMILES string of the molecule is C=C(c1c(OC)ccc(F)c1Cl)c1c[nH]c2ncc(-c3cnn(C[C@@H](O)CO)c3C(F)(F)F)cc12. The van der Waals surface area contributed by atoms with Gasteiger partial charge >= 0.3 is 6.18 Å². The van der Waals surface area contributed by atoms with E-state index in [9.17, 15) is 22.7 Å². The van der Waals surface area contributed by atoms with Crippen molar-refractivity contribution in [1.29, 1.82) is 0 Å². The van der Waals surface area contributed by atoms with Crippen molar-refractivity contribution in [3.8, 4) is 16.9 Å². The van der Waals surface area contributed by atoms with E-state index in [0.29, 0.717) is 21.3 Å². The van der Waals surface area contributed by atoms with Crippen LogP contribution in [0.4, 0.5) is 17.6 Å². The maximum Gasteiger partial charge on any atom is 0.433 e. The predicted octanol–water partition coefficient (Wildman–Crippen LogP) is 4.66. The standard InChI is InChI=1S/C23H19ClF4N4O3/c1-11(19-18(35-2)4-3-17(25)20(19)24)15-7-30-22-14(15)5-12(6-29-22)16-8-31-32(9-13(34)10-33)21(16)23(26,27)28/h3-8,13,33-34H,1,9-10H2,2H3,(H,29,30)/t13-/m1/s1. The molecule has 0 amide bonds. The number of hydrogen-bond donors (Lipinski definition) is 3. The van der Waals surface area contributed by atoms with Crippen LogP contribution < -0.4 is 4.74 Å². The molecule has 35 heavy (non-hydrogen) atoms. The third-order valence-electron chi connectivity index (χ3n) is 5.45. The Hall–Kier alpha value is -3.41. The second-order valence-corrected chi connectivity index (χ2v) is 8.04. The number of nitrogens with one attached hydrogen (secondary N) is 1. The summed E-state index contributed by atoms with van der Waals surface area (Å²) in [6, 6.07) is 4.01. The summed E-state index contributed by atoms with van der Waals surface area (Å²) in [6.45, 7) is 2.73. The van der Waals surface area contributed by atoms with Gasteiger partial charge in [0.05, 0.1) is 37.6 Å². The molecule has 4 aromatic rings. The smallest absolute Gasteiger partial charge is 0.433 e. The minimum atomic E-state index is -4.80. The fourth-order valence-electron chi connectivity index (χ4n) is 3.81. The summed E-state index contributed by atoms with van der Waals surface area (Å²) < 4.78 is 61.8. The van der Waals surface area contributed by atoms with Gasteiger partial charge in [-0.3, -0.25) is 4.68 Å². The maximum atomic E-state index is 14.2. The first kappa shape index (κ1) is 24.7. The van der Waals surface area contributed by atoms with Crippen molar-refractivity contribution in [2.24, 2.45) is 0 Å². The molecular weight excluding hydrogens is 492 g/mol. The number of aliphatic hydroxyl groups is 2. The van der Waals surface area contributed by atoms with Gasteiger partial charge in [-0.25, -0.2) is 9.37 Å². The van der Waals surface area contributed by atoms with Crippen LogP contribution in [0.15, 0.2) is 43.4 Å². The summed E-state index contributed by atoms with van der Waals surface area (Å²) in [5, 5.41) is 22.6.